The number of anilines is 2. The van der Waals surface area contributed by atoms with Crippen LogP contribution in [0.4, 0.5) is 11.4 Å². The van der Waals surface area contributed by atoms with Crippen LogP contribution in [-0.4, -0.2) is 31.4 Å². The van der Waals surface area contributed by atoms with Crippen LogP contribution in [0.5, 0.6) is 0 Å². The second kappa shape index (κ2) is 7.97. The van der Waals surface area contributed by atoms with Crippen LogP contribution < -0.4 is 4.90 Å². The van der Waals surface area contributed by atoms with E-state index in [0.29, 0.717) is 5.16 Å². The van der Waals surface area contributed by atoms with Gasteiger partial charge in [-0.3, -0.25) is 14.7 Å². The van der Waals surface area contributed by atoms with Gasteiger partial charge in [0.25, 0.3) is 0 Å². The highest BCUT2D eigenvalue weighted by atomic mass is 32.2. The van der Waals surface area contributed by atoms with Crippen LogP contribution in [-0.2, 0) is 11.8 Å². The van der Waals surface area contributed by atoms with E-state index in [2.05, 4.69) is 15.2 Å². The third-order valence-electron chi connectivity index (χ3n) is 4.76. The van der Waals surface area contributed by atoms with E-state index in [-0.39, 0.29) is 11.7 Å². The van der Waals surface area contributed by atoms with E-state index >= 15 is 0 Å². The van der Waals surface area contributed by atoms with Crippen molar-refractivity contribution in [2.45, 2.75) is 14.9 Å². The Morgan fingerprint density at radius 2 is 1.67 bits per heavy atom. The zero-order chi connectivity index (χ0) is 20.5. The Balaban J connectivity index is 1.40. The summed E-state index contributed by atoms with van der Waals surface area (Å²) in [6.45, 7) is 0. The number of amides is 1. The molecule has 6 nitrogen and oxygen atoms in total. The lowest BCUT2D eigenvalue weighted by atomic mass is 10.2. The van der Waals surface area contributed by atoms with E-state index in [4.69, 9.17) is 0 Å². The van der Waals surface area contributed by atoms with Crippen LogP contribution in [0.15, 0.2) is 88.0 Å². The van der Waals surface area contributed by atoms with Crippen molar-refractivity contribution in [1.29, 1.82) is 0 Å². The van der Waals surface area contributed by atoms with Crippen molar-refractivity contribution >= 4 is 40.8 Å². The molecule has 1 aliphatic rings. The van der Waals surface area contributed by atoms with Crippen LogP contribution in [0.3, 0.4) is 0 Å². The van der Waals surface area contributed by atoms with Crippen LogP contribution in [0, 0.1) is 0 Å². The number of benzene rings is 2. The summed E-state index contributed by atoms with van der Waals surface area (Å²) in [6, 6.07) is 19.8. The summed E-state index contributed by atoms with van der Waals surface area (Å²) in [5.74, 6) is 0.987. The quantitative estimate of drug-likeness (QED) is 0.433. The molecule has 148 valence electrons. The van der Waals surface area contributed by atoms with Gasteiger partial charge in [-0.15, -0.1) is 10.2 Å². The fourth-order valence-corrected chi connectivity index (χ4v) is 5.17. The summed E-state index contributed by atoms with van der Waals surface area (Å²) in [4.78, 5) is 21.4. The minimum Gasteiger partial charge on any atom is -0.305 e. The summed E-state index contributed by atoms with van der Waals surface area (Å²) in [5.41, 5.74) is 2.73. The highest BCUT2D eigenvalue weighted by Gasteiger charge is 2.28. The van der Waals surface area contributed by atoms with Crippen LogP contribution >= 0.6 is 23.5 Å². The number of carbonyl (C=O) groups is 1. The van der Waals surface area contributed by atoms with Gasteiger partial charge in [0.1, 0.15) is 0 Å². The van der Waals surface area contributed by atoms with Crippen molar-refractivity contribution in [3.8, 4) is 11.4 Å². The van der Waals surface area contributed by atoms with Crippen LogP contribution in [0.1, 0.15) is 0 Å². The molecule has 2 aromatic heterocycles. The van der Waals surface area contributed by atoms with E-state index in [1.807, 2.05) is 77.2 Å². The summed E-state index contributed by atoms with van der Waals surface area (Å²) >= 11 is 3.07. The number of hydrogen-bond acceptors (Lipinski definition) is 6. The molecule has 0 unspecified atom stereocenters. The van der Waals surface area contributed by atoms with E-state index in [1.165, 1.54) is 11.8 Å². The Morgan fingerprint density at radius 1 is 0.967 bits per heavy atom. The Labute approximate surface area is 182 Å². The molecule has 1 aliphatic heterocycles. The molecule has 30 heavy (non-hydrogen) atoms. The van der Waals surface area contributed by atoms with Crippen LogP contribution in [0.2, 0.25) is 0 Å². The number of para-hydroxylation sites is 2. The van der Waals surface area contributed by atoms with Gasteiger partial charge in [-0.2, -0.15) is 0 Å². The predicted octanol–water partition coefficient (Wildman–Crippen LogP) is 4.80. The van der Waals surface area contributed by atoms with Gasteiger partial charge in [-0.05, 0) is 36.4 Å². The molecule has 0 bridgehead atoms. The molecule has 4 aromatic rings. The highest BCUT2D eigenvalue weighted by molar-refractivity contribution is 8.00. The third-order valence-corrected chi connectivity index (χ3v) is 6.90. The number of nitrogens with zero attached hydrogens (tertiary/aromatic N) is 5. The van der Waals surface area contributed by atoms with Crippen molar-refractivity contribution in [3.63, 3.8) is 0 Å². The van der Waals surface area contributed by atoms with Gasteiger partial charge in [0, 0.05) is 34.8 Å². The number of rotatable bonds is 4. The van der Waals surface area contributed by atoms with Crippen molar-refractivity contribution in [2.75, 3.05) is 10.7 Å². The zero-order valence-corrected chi connectivity index (χ0v) is 17.7. The third kappa shape index (κ3) is 3.38. The minimum atomic E-state index is 0.00567. The number of carbonyl (C=O) groups excluding carboxylic acids is 1. The van der Waals surface area contributed by atoms with Crippen molar-refractivity contribution in [2.24, 2.45) is 7.05 Å². The molecule has 1 amide bonds. The molecule has 0 fully saturated rings. The molecule has 0 N–H and O–H groups in total. The van der Waals surface area contributed by atoms with Gasteiger partial charge in [0.2, 0.25) is 5.91 Å². The van der Waals surface area contributed by atoms with Gasteiger partial charge >= 0.3 is 0 Å². The number of thioether (sulfide) groups is 1. The molecule has 0 atom stereocenters. The van der Waals surface area contributed by atoms with Crippen molar-refractivity contribution < 1.29 is 4.79 Å². The smallest absolute Gasteiger partial charge is 0.242 e. The lowest BCUT2D eigenvalue weighted by Gasteiger charge is -2.30. The number of fused-ring (bicyclic) bond motifs is 2. The monoisotopic (exact) mass is 431 g/mol. The zero-order valence-electron chi connectivity index (χ0n) is 16.1. The minimum absolute atomic E-state index is 0.00567. The van der Waals surface area contributed by atoms with Crippen LogP contribution in [0.25, 0.3) is 11.4 Å². The molecular weight excluding hydrogens is 414 g/mol. The lowest BCUT2D eigenvalue weighted by molar-refractivity contribution is -0.115. The molecule has 0 spiro atoms. The first-order chi connectivity index (χ1) is 14.7. The maximum Gasteiger partial charge on any atom is 0.242 e. The summed E-state index contributed by atoms with van der Waals surface area (Å²) in [7, 11) is 1.90. The Bertz CT molecular complexity index is 1180. The van der Waals surface area contributed by atoms with Gasteiger partial charge in [-0.1, -0.05) is 47.8 Å². The molecule has 0 saturated carbocycles. The van der Waals surface area contributed by atoms with Crippen molar-refractivity contribution in [3.05, 3.63) is 73.1 Å². The predicted molar refractivity (Wildman–Crippen MR) is 119 cm³/mol. The standard InChI is InChI=1S/C22H17N5OS2/c1-26-21(15-7-6-12-23-13-15)24-25-22(26)29-14-20(28)27-16-8-2-4-10-18(16)30-19-11-5-3-9-17(19)27/h2-13H,14H2,1H3. The molecular formula is C22H17N5OS2. The second-order valence-electron chi connectivity index (χ2n) is 6.66. The Kier molecular flexibility index (Phi) is 5.02. The Morgan fingerprint density at radius 3 is 2.33 bits per heavy atom. The van der Waals surface area contributed by atoms with Gasteiger partial charge in [0.05, 0.1) is 17.1 Å². The van der Waals surface area contributed by atoms with E-state index in [1.54, 1.807) is 24.2 Å². The molecule has 2 aromatic carbocycles. The fraction of sp³-hybridized carbons (Fsp3) is 0.0909. The van der Waals surface area contributed by atoms with E-state index in [0.717, 1.165) is 32.6 Å². The van der Waals surface area contributed by atoms with Crippen molar-refractivity contribution in [1.82, 2.24) is 19.7 Å². The Hall–Kier alpha value is -3.10. The van der Waals surface area contributed by atoms with Gasteiger partial charge in [-0.25, -0.2) is 0 Å². The summed E-state index contributed by atoms with van der Waals surface area (Å²) in [5, 5.41) is 9.23. The highest BCUT2D eigenvalue weighted by Crippen LogP contribution is 2.48. The molecule has 8 heteroatoms. The van der Waals surface area contributed by atoms with Gasteiger partial charge in [0.15, 0.2) is 11.0 Å². The average molecular weight is 432 g/mol. The van der Waals surface area contributed by atoms with E-state index in [9.17, 15) is 4.79 Å². The average Bonchev–Trinajstić information content (AvgIpc) is 3.16. The largest absolute Gasteiger partial charge is 0.305 e. The lowest BCUT2D eigenvalue weighted by Crippen LogP contribution is -2.30. The fourth-order valence-electron chi connectivity index (χ4n) is 3.35. The summed E-state index contributed by atoms with van der Waals surface area (Å²) in [6.07, 6.45) is 3.48. The molecule has 0 radical (unpaired) electrons. The summed E-state index contributed by atoms with van der Waals surface area (Å²) < 4.78 is 1.89. The first kappa shape index (κ1) is 18.9. The topological polar surface area (TPSA) is 63.9 Å². The van der Waals surface area contributed by atoms with E-state index < -0.39 is 0 Å². The SMILES string of the molecule is Cn1c(SCC(=O)N2c3ccccc3Sc3ccccc32)nnc1-c1cccnc1. The first-order valence-corrected chi connectivity index (χ1v) is 11.1. The molecule has 5 rings (SSSR count). The molecule has 0 saturated heterocycles. The van der Waals surface area contributed by atoms with Gasteiger partial charge < -0.3 is 4.57 Å². The normalized spacial score (nSPS) is 12.4. The number of pyridine rings is 1. The first-order valence-electron chi connectivity index (χ1n) is 9.34. The number of aromatic nitrogens is 4. The molecule has 0 aliphatic carbocycles. The molecule has 3 heterocycles. The second-order valence-corrected chi connectivity index (χ2v) is 8.69. The maximum absolute atomic E-state index is 13.3. The maximum atomic E-state index is 13.3. The number of hydrogen-bond donors (Lipinski definition) is 0.